The van der Waals surface area contributed by atoms with Crippen LogP contribution in [0.15, 0.2) is 11.2 Å². The molecule has 0 atom stereocenters. The second-order valence-corrected chi connectivity index (χ2v) is 5.13. The van der Waals surface area contributed by atoms with E-state index in [1.807, 2.05) is 0 Å². The fourth-order valence-corrected chi connectivity index (χ4v) is 2.34. The maximum absolute atomic E-state index is 11.8. The zero-order valence-corrected chi connectivity index (χ0v) is 8.51. The van der Waals surface area contributed by atoms with Gasteiger partial charge in [0.05, 0.1) is 0 Å². The maximum atomic E-state index is 11.8. The minimum atomic E-state index is -5.49. The molecule has 0 saturated heterocycles. The van der Waals surface area contributed by atoms with Gasteiger partial charge in [-0.3, -0.25) is 0 Å². The van der Waals surface area contributed by atoms with Gasteiger partial charge in [0, 0.05) is 5.75 Å². The van der Waals surface area contributed by atoms with Crippen LogP contribution in [0.4, 0.5) is 13.2 Å². The fraction of sp³-hybridized carbons (Fsp3) is 0.667. The molecule has 1 rings (SSSR count). The second kappa shape index (κ2) is 4.01. The van der Waals surface area contributed by atoms with Crippen LogP contribution in [0, 0.1) is 0 Å². The third-order valence-electron chi connectivity index (χ3n) is 1.38. The number of thioether (sulfide) groups is 1. The van der Waals surface area contributed by atoms with E-state index < -0.39 is 15.6 Å². The van der Waals surface area contributed by atoms with Crippen molar-refractivity contribution in [2.45, 2.75) is 18.3 Å². The summed E-state index contributed by atoms with van der Waals surface area (Å²) in [4.78, 5) is 0. The summed E-state index contributed by atoms with van der Waals surface area (Å²) in [5, 5.41) is -0.187. The van der Waals surface area contributed by atoms with E-state index in [1.165, 1.54) is 6.08 Å². The Morgan fingerprint density at radius 2 is 2.07 bits per heavy atom. The summed E-state index contributed by atoms with van der Waals surface area (Å²) in [6, 6.07) is 0. The van der Waals surface area contributed by atoms with Crippen LogP contribution in [0.3, 0.4) is 0 Å². The zero-order chi connectivity index (χ0) is 10.8. The molecule has 0 aromatic carbocycles. The van der Waals surface area contributed by atoms with Gasteiger partial charge in [0.1, 0.15) is 0 Å². The molecule has 0 aliphatic carbocycles. The van der Waals surface area contributed by atoms with Crippen molar-refractivity contribution < 1.29 is 25.8 Å². The van der Waals surface area contributed by atoms with Crippen molar-refractivity contribution in [3.63, 3.8) is 0 Å². The average Bonchev–Trinajstić information content (AvgIpc) is 2.03. The van der Waals surface area contributed by atoms with E-state index in [0.717, 1.165) is 18.2 Å². The van der Waals surface area contributed by atoms with Gasteiger partial charge in [-0.1, -0.05) is 11.8 Å². The molecule has 0 saturated carbocycles. The Morgan fingerprint density at radius 1 is 1.43 bits per heavy atom. The van der Waals surface area contributed by atoms with E-state index in [2.05, 4.69) is 4.18 Å². The Morgan fingerprint density at radius 3 is 2.50 bits per heavy atom. The number of hydrogen-bond acceptors (Lipinski definition) is 4. The van der Waals surface area contributed by atoms with Gasteiger partial charge in [0.25, 0.3) is 0 Å². The normalized spacial score (nSPS) is 18.9. The number of allylic oxidation sites excluding steroid dienone is 1. The molecule has 0 N–H and O–H groups in total. The van der Waals surface area contributed by atoms with Crippen molar-refractivity contribution in [3.05, 3.63) is 11.2 Å². The SMILES string of the molecule is O=S(=O)(OC1=CCCCS1)C(F)(F)F. The first-order chi connectivity index (χ1) is 6.33. The molecule has 3 nitrogen and oxygen atoms in total. The Bertz CT molecular complexity index is 331. The van der Waals surface area contributed by atoms with E-state index in [0.29, 0.717) is 12.2 Å². The van der Waals surface area contributed by atoms with Gasteiger partial charge in [-0.25, -0.2) is 0 Å². The van der Waals surface area contributed by atoms with Crippen LogP contribution in [-0.2, 0) is 14.3 Å². The summed E-state index contributed by atoms with van der Waals surface area (Å²) in [6.07, 6.45) is 2.69. The van der Waals surface area contributed by atoms with Gasteiger partial charge in [0.15, 0.2) is 5.09 Å². The number of halogens is 3. The van der Waals surface area contributed by atoms with Crippen molar-refractivity contribution in [3.8, 4) is 0 Å². The highest BCUT2D eigenvalue weighted by Crippen LogP contribution is 2.32. The lowest BCUT2D eigenvalue weighted by atomic mass is 10.3. The quantitative estimate of drug-likeness (QED) is 0.555. The highest BCUT2D eigenvalue weighted by molar-refractivity contribution is 8.03. The molecule has 0 fully saturated rings. The van der Waals surface area contributed by atoms with Crippen LogP contribution in [0.5, 0.6) is 0 Å². The van der Waals surface area contributed by atoms with Crippen molar-refractivity contribution in [1.29, 1.82) is 0 Å². The van der Waals surface area contributed by atoms with Crippen molar-refractivity contribution in [1.82, 2.24) is 0 Å². The molecule has 8 heteroatoms. The van der Waals surface area contributed by atoms with Gasteiger partial charge in [-0.05, 0) is 18.9 Å². The largest absolute Gasteiger partial charge is 0.534 e. The molecule has 0 unspecified atom stereocenters. The summed E-state index contributed by atoms with van der Waals surface area (Å²) < 4.78 is 60.5. The fourth-order valence-electron chi connectivity index (χ4n) is 0.748. The number of rotatable bonds is 2. The van der Waals surface area contributed by atoms with Gasteiger partial charge >= 0.3 is 15.6 Å². The topological polar surface area (TPSA) is 43.4 Å². The Labute approximate surface area is 83.4 Å². The Kier molecular flexibility index (Phi) is 3.36. The third-order valence-corrected chi connectivity index (χ3v) is 3.48. The summed E-state index contributed by atoms with van der Waals surface area (Å²) in [5.74, 6) is 0.569. The van der Waals surface area contributed by atoms with E-state index in [4.69, 9.17) is 0 Å². The standard InChI is InChI=1S/C6H7F3O3S2/c7-6(8,9)14(10,11)12-5-3-1-2-4-13-5/h3H,1-2,4H2. The van der Waals surface area contributed by atoms with Crippen LogP contribution in [-0.4, -0.2) is 19.7 Å². The van der Waals surface area contributed by atoms with Crippen LogP contribution < -0.4 is 0 Å². The minimum Gasteiger partial charge on any atom is -0.369 e. The molecule has 0 aromatic heterocycles. The number of alkyl halides is 3. The van der Waals surface area contributed by atoms with Gasteiger partial charge in [-0.2, -0.15) is 21.6 Å². The van der Waals surface area contributed by atoms with Crippen LogP contribution >= 0.6 is 11.8 Å². The van der Waals surface area contributed by atoms with Crippen molar-refractivity contribution in [2.75, 3.05) is 5.75 Å². The highest BCUT2D eigenvalue weighted by Gasteiger charge is 2.48. The van der Waals surface area contributed by atoms with Crippen LogP contribution in [0.1, 0.15) is 12.8 Å². The predicted octanol–water partition coefficient (Wildman–Crippen LogP) is 2.22. The molecule has 14 heavy (non-hydrogen) atoms. The molecule has 0 aromatic rings. The summed E-state index contributed by atoms with van der Waals surface area (Å²) in [7, 11) is -5.49. The second-order valence-electron chi connectivity index (χ2n) is 2.50. The first-order valence-electron chi connectivity index (χ1n) is 3.66. The molecule has 0 amide bonds. The maximum Gasteiger partial charge on any atom is 0.534 e. The van der Waals surface area contributed by atoms with Gasteiger partial charge in [-0.15, -0.1) is 0 Å². The lowest BCUT2D eigenvalue weighted by Crippen LogP contribution is -2.25. The molecule has 1 aliphatic rings. The molecular weight excluding hydrogens is 241 g/mol. The van der Waals surface area contributed by atoms with Gasteiger partial charge < -0.3 is 4.18 Å². The lowest BCUT2D eigenvalue weighted by molar-refractivity contribution is -0.0517. The highest BCUT2D eigenvalue weighted by atomic mass is 32.2. The van der Waals surface area contributed by atoms with E-state index >= 15 is 0 Å². The predicted molar refractivity (Wildman–Crippen MR) is 45.8 cm³/mol. The third kappa shape index (κ3) is 2.81. The van der Waals surface area contributed by atoms with Crippen molar-refractivity contribution >= 4 is 21.9 Å². The Balaban J connectivity index is 2.73. The molecule has 82 valence electrons. The molecule has 0 radical (unpaired) electrons. The minimum absolute atomic E-state index is 0.187. The summed E-state index contributed by atoms with van der Waals surface area (Å²) in [5.41, 5.74) is -5.36. The molecule has 0 bridgehead atoms. The van der Waals surface area contributed by atoms with Gasteiger partial charge in [0.2, 0.25) is 0 Å². The lowest BCUT2D eigenvalue weighted by Gasteiger charge is -2.14. The van der Waals surface area contributed by atoms with E-state index in [1.54, 1.807) is 0 Å². The van der Waals surface area contributed by atoms with Crippen LogP contribution in [0.25, 0.3) is 0 Å². The summed E-state index contributed by atoms with van der Waals surface area (Å²) in [6.45, 7) is 0. The molecule has 0 spiro atoms. The Hall–Kier alpha value is -0.370. The molecule has 1 heterocycles. The van der Waals surface area contributed by atoms with Crippen LogP contribution in [0.2, 0.25) is 0 Å². The number of hydrogen-bond donors (Lipinski definition) is 0. The summed E-state index contributed by atoms with van der Waals surface area (Å²) >= 11 is 0.966. The first-order valence-corrected chi connectivity index (χ1v) is 6.06. The average molecular weight is 248 g/mol. The van der Waals surface area contributed by atoms with Crippen molar-refractivity contribution in [2.24, 2.45) is 0 Å². The molecule has 1 aliphatic heterocycles. The zero-order valence-electron chi connectivity index (χ0n) is 6.87. The monoisotopic (exact) mass is 248 g/mol. The smallest absolute Gasteiger partial charge is 0.369 e. The first kappa shape index (κ1) is 11.7. The van der Waals surface area contributed by atoms with E-state index in [9.17, 15) is 21.6 Å². The van der Waals surface area contributed by atoms with E-state index in [-0.39, 0.29) is 5.09 Å². The molecular formula is C6H7F3O3S2.